The minimum absolute atomic E-state index is 0.0423. The Hall–Kier alpha value is -0.220. The molecule has 2 unspecified atom stereocenters. The van der Waals surface area contributed by atoms with Crippen molar-refractivity contribution in [3.05, 3.63) is 11.6 Å². The van der Waals surface area contributed by atoms with Crippen LogP contribution in [-0.4, -0.2) is 23.1 Å². The van der Waals surface area contributed by atoms with E-state index in [0.29, 0.717) is 29.3 Å². The Morgan fingerprint density at radius 3 is 2.68 bits per heavy atom. The number of hydrogen-bond donors (Lipinski definition) is 0. The molecule has 0 bridgehead atoms. The van der Waals surface area contributed by atoms with Gasteiger partial charge in [-0.3, -0.25) is 9.59 Å². The lowest BCUT2D eigenvalue weighted by atomic mass is 9.47. The van der Waals surface area contributed by atoms with E-state index in [1.807, 2.05) is 27.7 Å². The fraction of sp³-hybridized carbons (Fsp3) is 0.810. The van der Waals surface area contributed by atoms with Crippen molar-refractivity contribution in [1.82, 2.24) is 0 Å². The molecule has 0 N–H and O–H groups in total. The van der Waals surface area contributed by atoms with E-state index in [-0.39, 0.29) is 10.8 Å². The highest BCUT2D eigenvalue weighted by Gasteiger charge is 2.60. The van der Waals surface area contributed by atoms with E-state index in [1.54, 1.807) is 0 Å². The summed E-state index contributed by atoms with van der Waals surface area (Å²) < 4.78 is 0. The van der Waals surface area contributed by atoms with Crippen LogP contribution in [0.3, 0.4) is 0 Å². The van der Waals surface area contributed by atoms with Crippen LogP contribution in [0.15, 0.2) is 11.6 Å². The Balaban J connectivity index is 1.67. The van der Waals surface area contributed by atoms with Crippen molar-refractivity contribution in [3.63, 3.8) is 0 Å². The average Bonchev–Trinajstić information content (AvgIpc) is 2.91. The third-order valence-electron chi connectivity index (χ3n) is 7.91. The number of fused-ring (bicyclic) bond motifs is 5. The SMILES string of the molecule is CCSSCC12CCC(=O)C=C1CC[C@H]1[C@@H]3CCC(=O)C3(C)CC[C@@H]12. The maximum atomic E-state index is 12.6. The second-order valence-corrected chi connectivity index (χ2v) is 11.5. The number of carbonyl (C=O) groups excluding carboxylic acids is 2. The smallest absolute Gasteiger partial charge is 0.155 e. The van der Waals surface area contributed by atoms with Gasteiger partial charge in [0.15, 0.2) is 5.78 Å². The molecule has 4 rings (SSSR count). The van der Waals surface area contributed by atoms with Crippen LogP contribution in [0.2, 0.25) is 0 Å². The van der Waals surface area contributed by atoms with Gasteiger partial charge in [-0.1, -0.05) is 41.0 Å². The van der Waals surface area contributed by atoms with E-state index < -0.39 is 0 Å². The molecule has 0 aromatic heterocycles. The summed E-state index contributed by atoms with van der Waals surface area (Å²) in [6.07, 6.45) is 10.3. The van der Waals surface area contributed by atoms with Gasteiger partial charge in [-0.15, -0.1) is 0 Å². The Kier molecular flexibility index (Phi) is 4.90. The number of Topliss-reactive ketones (excluding diaryl/α,β-unsaturated/α-hetero) is 1. The average molecular weight is 379 g/mol. The normalized spacial score (nSPS) is 43.3. The minimum atomic E-state index is -0.0423. The van der Waals surface area contributed by atoms with Crippen LogP contribution >= 0.6 is 21.6 Å². The predicted molar refractivity (Wildman–Crippen MR) is 107 cm³/mol. The topological polar surface area (TPSA) is 34.1 Å². The first-order valence-corrected chi connectivity index (χ1v) is 12.5. The van der Waals surface area contributed by atoms with Crippen molar-refractivity contribution < 1.29 is 9.59 Å². The number of ketones is 2. The third kappa shape index (κ3) is 2.77. The molecule has 0 saturated heterocycles. The molecule has 138 valence electrons. The van der Waals surface area contributed by atoms with Crippen LogP contribution in [0.25, 0.3) is 0 Å². The Labute approximate surface area is 159 Å². The maximum Gasteiger partial charge on any atom is 0.155 e. The van der Waals surface area contributed by atoms with Gasteiger partial charge in [0.25, 0.3) is 0 Å². The first kappa shape index (κ1) is 18.2. The van der Waals surface area contributed by atoms with Crippen molar-refractivity contribution in [2.75, 3.05) is 11.5 Å². The highest BCUT2D eigenvalue weighted by Crippen LogP contribution is 2.65. The number of rotatable bonds is 4. The number of hydrogen-bond acceptors (Lipinski definition) is 4. The molecule has 0 radical (unpaired) electrons. The zero-order valence-electron chi connectivity index (χ0n) is 15.5. The lowest BCUT2D eigenvalue weighted by molar-refractivity contribution is -0.132. The van der Waals surface area contributed by atoms with Gasteiger partial charge in [0, 0.05) is 35.2 Å². The van der Waals surface area contributed by atoms with Crippen LogP contribution in [-0.2, 0) is 9.59 Å². The monoisotopic (exact) mass is 378 g/mol. The summed E-state index contributed by atoms with van der Waals surface area (Å²) in [5.74, 6) is 5.15. The molecule has 25 heavy (non-hydrogen) atoms. The van der Waals surface area contributed by atoms with Crippen molar-refractivity contribution >= 4 is 33.2 Å². The van der Waals surface area contributed by atoms with Gasteiger partial charge < -0.3 is 0 Å². The summed E-state index contributed by atoms with van der Waals surface area (Å²) in [7, 11) is 3.98. The summed E-state index contributed by atoms with van der Waals surface area (Å²) >= 11 is 0. The first-order valence-electron chi connectivity index (χ1n) is 10.0. The maximum absolute atomic E-state index is 12.6. The van der Waals surface area contributed by atoms with Crippen LogP contribution in [0.5, 0.6) is 0 Å². The summed E-state index contributed by atoms with van der Waals surface area (Å²) in [4.78, 5) is 24.7. The van der Waals surface area contributed by atoms with Crippen LogP contribution in [0, 0.1) is 28.6 Å². The Bertz CT molecular complexity index is 613. The molecular formula is C21H30O2S2. The molecule has 4 aliphatic carbocycles. The fourth-order valence-electron chi connectivity index (χ4n) is 6.63. The lowest BCUT2D eigenvalue weighted by Crippen LogP contribution is -2.52. The largest absolute Gasteiger partial charge is 0.299 e. The van der Waals surface area contributed by atoms with Crippen molar-refractivity contribution in [2.24, 2.45) is 28.6 Å². The first-order chi connectivity index (χ1) is 12.0. The Morgan fingerprint density at radius 2 is 1.88 bits per heavy atom. The molecule has 0 aliphatic heterocycles. The molecule has 0 aromatic carbocycles. The van der Waals surface area contributed by atoms with Gasteiger partial charge in [-0.2, -0.15) is 0 Å². The van der Waals surface area contributed by atoms with Crippen molar-refractivity contribution in [3.8, 4) is 0 Å². The van der Waals surface area contributed by atoms with Gasteiger partial charge in [-0.25, -0.2) is 0 Å². The molecule has 0 heterocycles. The van der Waals surface area contributed by atoms with Gasteiger partial charge in [0.05, 0.1) is 0 Å². The number of allylic oxidation sites excluding steroid dienone is 1. The van der Waals surface area contributed by atoms with E-state index >= 15 is 0 Å². The van der Waals surface area contributed by atoms with Gasteiger partial charge in [0.2, 0.25) is 0 Å². The Morgan fingerprint density at radius 1 is 1.04 bits per heavy atom. The molecule has 0 amide bonds. The second-order valence-electron chi connectivity index (χ2n) is 8.79. The van der Waals surface area contributed by atoms with Crippen LogP contribution < -0.4 is 0 Å². The van der Waals surface area contributed by atoms with E-state index in [4.69, 9.17) is 0 Å². The molecule has 4 aliphatic rings. The van der Waals surface area contributed by atoms with Gasteiger partial charge in [-0.05, 0) is 62.4 Å². The summed E-state index contributed by atoms with van der Waals surface area (Å²) in [6, 6.07) is 0. The van der Waals surface area contributed by atoms with Gasteiger partial charge >= 0.3 is 0 Å². The molecule has 5 atom stereocenters. The lowest BCUT2D eigenvalue weighted by Gasteiger charge is -2.58. The minimum Gasteiger partial charge on any atom is -0.299 e. The van der Waals surface area contributed by atoms with Gasteiger partial charge in [0.1, 0.15) is 5.78 Å². The zero-order valence-corrected chi connectivity index (χ0v) is 17.1. The predicted octanol–water partition coefficient (Wildman–Crippen LogP) is 5.47. The zero-order chi connectivity index (χ0) is 17.7. The molecule has 0 aromatic rings. The molecule has 3 saturated carbocycles. The van der Waals surface area contributed by atoms with Crippen molar-refractivity contribution in [2.45, 2.75) is 65.2 Å². The molecule has 0 spiro atoms. The van der Waals surface area contributed by atoms with Crippen LogP contribution in [0.1, 0.15) is 65.2 Å². The summed E-state index contributed by atoms with van der Waals surface area (Å²) in [6.45, 7) is 4.48. The van der Waals surface area contributed by atoms with Crippen LogP contribution in [0.4, 0.5) is 0 Å². The van der Waals surface area contributed by atoms with E-state index in [2.05, 4.69) is 13.8 Å². The van der Waals surface area contributed by atoms with E-state index in [0.717, 1.165) is 50.0 Å². The quantitative estimate of drug-likeness (QED) is 0.480. The van der Waals surface area contributed by atoms with E-state index in [9.17, 15) is 9.59 Å². The summed E-state index contributed by atoms with van der Waals surface area (Å²) in [5.41, 5.74) is 1.65. The molecule has 3 fully saturated rings. The fourth-order valence-corrected chi connectivity index (χ4v) is 9.02. The third-order valence-corrected chi connectivity index (χ3v) is 10.5. The molecular weight excluding hydrogens is 348 g/mol. The number of carbonyl (C=O) groups is 2. The summed E-state index contributed by atoms with van der Waals surface area (Å²) in [5, 5.41) is 0. The van der Waals surface area contributed by atoms with Crippen molar-refractivity contribution in [1.29, 1.82) is 0 Å². The molecule has 4 heteroatoms. The van der Waals surface area contributed by atoms with E-state index in [1.165, 1.54) is 18.4 Å². The molecule has 2 nitrogen and oxygen atoms in total. The highest BCUT2D eigenvalue weighted by molar-refractivity contribution is 8.76. The second kappa shape index (κ2) is 6.74. The highest BCUT2D eigenvalue weighted by atomic mass is 33.1. The standard InChI is InChI=1S/C21H30O2S2/c1-3-24-25-13-21-11-8-15(22)12-14(21)4-5-16-17-6-7-19(23)20(17,2)10-9-18(16)21/h12,16-18H,3-11,13H2,1-2H3/t16-,17-,18-,20?,21?/m0/s1.